The molecule has 0 amide bonds. The standard InChI is InChI=1S/C18H23NO2/c1-3-21-18-12-8-7-11-16(18)14(2)19-17(13-20)15-9-5-4-6-10-15/h4-12,14,17,19-20H,3,13H2,1-2H3/t14?,17-/m1/s1. The topological polar surface area (TPSA) is 41.5 Å². The first-order valence-corrected chi connectivity index (χ1v) is 7.39. The zero-order chi connectivity index (χ0) is 15.1. The number of nitrogens with one attached hydrogen (secondary N) is 1. The molecule has 1 unspecified atom stereocenters. The Labute approximate surface area is 126 Å². The molecule has 0 aliphatic carbocycles. The van der Waals surface area contributed by atoms with E-state index in [-0.39, 0.29) is 18.7 Å². The molecule has 0 fully saturated rings. The maximum absolute atomic E-state index is 9.65. The highest BCUT2D eigenvalue weighted by Crippen LogP contribution is 2.27. The van der Waals surface area contributed by atoms with Crippen LogP contribution >= 0.6 is 0 Å². The highest BCUT2D eigenvalue weighted by molar-refractivity contribution is 5.36. The van der Waals surface area contributed by atoms with E-state index >= 15 is 0 Å². The summed E-state index contributed by atoms with van der Waals surface area (Å²) in [4.78, 5) is 0. The van der Waals surface area contributed by atoms with Gasteiger partial charge in [-0.2, -0.15) is 0 Å². The van der Waals surface area contributed by atoms with Crippen LogP contribution in [0.2, 0.25) is 0 Å². The molecule has 21 heavy (non-hydrogen) atoms. The van der Waals surface area contributed by atoms with E-state index in [4.69, 9.17) is 4.74 Å². The summed E-state index contributed by atoms with van der Waals surface area (Å²) in [5, 5.41) is 13.1. The van der Waals surface area contributed by atoms with Crippen LogP contribution in [-0.4, -0.2) is 18.3 Å². The zero-order valence-corrected chi connectivity index (χ0v) is 12.6. The first-order chi connectivity index (χ1) is 10.3. The van der Waals surface area contributed by atoms with Crippen LogP contribution in [0.15, 0.2) is 54.6 Å². The van der Waals surface area contributed by atoms with E-state index in [0.717, 1.165) is 16.9 Å². The van der Waals surface area contributed by atoms with Crippen LogP contribution in [0.25, 0.3) is 0 Å². The van der Waals surface area contributed by atoms with Gasteiger partial charge in [-0.3, -0.25) is 0 Å². The fourth-order valence-corrected chi connectivity index (χ4v) is 2.46. The molecule has 0 radical (unpaired) electrons. The van der Waals surface area contributed by atoms with Crippen LogP contribution in [0.1, 0.15) is 37.1 Å². The van der Waals surface area contributed by atoms with Crippen LogP contribution in [0.3, 0.4) is 0 Å². The molecule has 0 aliphatic rings. The zero-order valence-electron chi connectivity index (χ0n) is 12.6. The molecule has 0 spiro atoms. The highest BCUT2D eigenvalue weighted by Gasteiger charge is 2.16. The average Bonchev–Trinajstić information content (AvgIpc) is 2.54. The summed E-state index contributed by atoms with van der Waals surface area (Å²) in [5.41, 5.74) is 2.19. The van der Waals surface area contributed by atoms with Crippen LogP contribution in [0, 0.1) is 0 Å². The summed E-state index contributed by atoms with van der Waals surface area (Å²) in [6.07, 6.45) is 0. The second-order valence-electron chi connectivity index (χ2n) is 5.01. The van der Waals surface area contributed by atoms with Gasteiger partial charge in [0, 0.05) is 11.6 Å². The highest BCUT2D eigenvalue weighted by atomic mass is 16.5. The van der Waals surface area contributed by atoms with Crippen LogP contribution < -0.4 is 10.1 Å². The van der Waals surface area contributed by atoms with Crippen molar-refractivity contribution in [2.24, 2.45) is 0 Å². The third kappa shape index (κ3) is 4.06. The number of para-hydroxylation sites is 1. The van der Waals surface area contributed by atoms with Crippen molar-refractivity contribution in [3.8, 4) is 5.75 Å². The number of hydrogen-bond donors (Lipinski definition) is 2. The maximum Gasteiger partial charge on any atom is 0.124 e. The number of ether oxygens (including phenoxy) is 1. The summed E-state index contributed by atoms with van der Waals surface area (Å²) >= 11 is 0. The lowest BCUT2D eigenvalue weighted by atomic mass is 10.0. The van der Waals surface area contributed by atoms with Gasteiger partial charge in [0.1, 0.15) is 5.75 Å². The molecular formula is C18H23NO2. The number of hydrogen-bond acceptors (Lipinski definition) is 3. The van der Waals surface area contributed by atoms with E-state index in [1.807, 2.05) is 55.5 Å². The van der Waals surface area contributed by atoms with E-state index in [9.17, 15) is 5.11 Å². The molecule has 3 nitrogen and oxygen atoms in total. The fourth-order valence-electron chi connectivity index (χ4n) is 2.46. The van der Waals surface area contributed by atoms with Crippen molar-refractivity contribution in [2.75, 3.05) is 13.2 Å². The van der Waals surface area contributed by atoms with Gasteiger partial charge in [0.2, 0.25) is 0 Å². The molecule has 2 aromatic carbocycles. The molecule has 2 N–H and O–H groups in total. The van der Waals surface area contributed by atoms with Crippen molar-refractivity contribution < 1.29 is 9.84 Å². The monoisotopic (exact) mass is 285 g/mol. The summed E-state index contributed by atoms with van der Waals surface area (Å²) in [6, 6.07) is 18.0. The van der Waals surface area contributed by atoms with Gasteiger partial charge in [0.05, 0.1) is 19.3 Å². The average molecular weight is 285 g/mol. The van der Waals surface area contributed by atoms with Gasteiger partial charge in [-0.25, -0.2) is 0 Å². The van der Waals surface area contributed by atoms with Gasteiger partial charge >= 0.3 is 0 Å². The van der Waals surface area contributed by atoms with Crippen LogP contribution in [0.4, 0.5) is 0 Å². The van der Waals surface area contributed by atoms with Gasteiger partial charge in [-0.15, -0.1) is 0 Å². The Kier molecular flexibility index (Phi) is 5.78. The van der Waals surface area contributed by atoms with E-state index < -0.39 is 0 Å². The third-order valence-electron chi connectivity index (χ3n) is 3.52. The lowest BCUT2D eigenvalue weighted by Gasteiger charge is -2.24. The summed E-state index contributed by atoms with van der Waals surface area (Å²) in [5.74, 6) is 0.893. The predicted octanol–water partition coefficient (Wildman–Crippen LogP) is 3.47. The van der Waals surface area contributed by atoms with Crippen LogP contribution in [-0.2, 0) is 0 Å². The Morgan fingerprint density at radius 3 is 2.38 bits per heavy atom. The van der Waals surface area contributed by atoms with Crippen molar-refractivity contribution in [3.63, 3.8) is 0 Å². The fraction of sp³-hybridized carbons (Fsp3) is 0.333. The van der Waals surface area contributed by atoms with Crippen molar-refractivity contribution in [2.45, 2.75) is 25.9 Å². The lowest BCUT2D eigenvalue weighted by Crippen LogP contribution is -2.27. The molecule has 0 heterocycles. The van der Waals surface area contributed by atoms with Gasteiger partial charge < -0.3 is 15.2 Å². The Morgan fingerprint density at radius 2 is 1.71 bits per heavy atom. The van der Waals surface area contributed by atoms with Gasteiger partial charge in [0.15, 0.2) is 0 Å². The molecule has 0 saturated carbocycles. The molecule has 3 heteroatoms. The second-order valence-corrected chi connectivity index (χ2v) is 5.01. The SMILES string of the molecule is CCOc1ccccc1C(C)N[C@H](CO)c1ccccc1. The quantitative estimate of drug-likeness (QED) is 0.818. The summed E-state index contributed by atoms with van der Waals surface area (Å²) in [6.45, 7) is 4.77. The van der Waals surface area contributed by atoms with Gasteiger partial charge in [0.25, 0.3) is 0 Å². The number of aliphatic hydroxyl groups excluding tert-OH is 1. The smallest absolute Gasteiger partial charge is 0.124 e. The minimum absolute atomic E-state index is 0.0607. The Morgan fingerprint density at radius 1 is 1.05 bits per heavy atom. The van der Waals surface area contributed by atoms with E-state index in [0.29, 0.717) is 6.61 Å². The molecule has 0 bridgehead atoms. The van der Waals surface area contributed by atoms with Crippen molar-refractivity contribution >= 4 is 0 Å². The van der Waals surface area contributed by atoms with E-state index in [2.05, 4.69) is 18.3 Å². The Balaban J connectivity index is 2.15. The predicted molar refractivity (Wildman–Crippen MR) is 85.4 cm³/mol. The molecule has 0 saturated heterocycles. The number of rotatable bonds is 7. The largest absolute Gasteiger partial charge is 0.494 e. The van der Waals surface area contributed by atoms with Gasteiger partial charge in [-0.05, 0) is 25.5 Å². The van der Waals surface area contributed by atoms with Crippen molar-refractivity contribution in [3.05, 3.63) is 65.7 Å². The number of aliphatic hydroxyl groups is 1. The minimum Gasteiger partial charge on any atom is -0.494 e. The van der Waals surface area contributed by atoms with Crippen molar-refractivity contribution in [1.29, 1.82) is 0 Å². The van der Waals surface area contributed by atoms with Crippen molar-refractivity contribution in [1.82, 2.24) is 5.32 Å². The second kappa shape index (κ2) is 7.81. The van der Waals surface area contributed by atoms with Gasteiger partial charge in [-0.1, -0.05) is 48.5 Å². The molecule has 112 valence electrons. The van der Waals surface area contributed by atoms with E-state index in [1.165, 1.54) is 0 Å². The first-order valence-electron chi connectivity index (χ1n) is 7.39. The minimum atomic E-state index is -0.0871. The first kappa shape index (κ1) is 15.5. The Hall–Kier alpha value is -1.84. The molecule has 2 rings (SSSR count). The maximum atomic E-state index is 9.65. The number of benzene rings is 2. The molecular weight excluding hydrogens is 262 g/mol. The lowest BCUT2D eigenvalue weighted by molar-refractivity contribution is 0.234. The molecule has 2 atom stereocenters. The normalized spacial score (nSPS) is 13.7. The van der Waals surface area contributed by atoms with E-state index in [1.54, 1.807) is 0 Å². The molecule has 2 aromatic rings. The third-order valence-corrected chi connectivity index (χ3v) is 3.52. The summed E-state index contributed by atoms with van der Waals surface area (Å²) < 4.78 is 5.68. The molecule has 0 aromatic heterocycles. The molecule has 0 aliphatic heterocycles. The summed E-state index contributed by atoms with van der Waals surface area (Å²) in [7, 11) is 0. The Bertz CT molecular complexity index is 542. The van der Waals surface area contributed by atoms with Crippen LogP contribution in [0.5, 0.6) is 5.75 Å².